The summed E-state index contributed by atoms with van der Waals surface area (Å²) in [4.78, 5) is 17.5. The molecule has 0 bridgehead atoms. The fourth-order valence-electron chi connectivity index (χ4n) is 2.24. The Morgan fingerprint density at radius 1 is 1.42 bits per heavy atom. The van der Waals surface area contributed by atoms with Gasteiger partial charge in [-0.15, -0.1) is 23.1 Å². The van der Waals surface area contributed by atoms with Crippen LogP contribution in [0.15, 0.2) is 28.5 Å². The lowest BCUT2D eigenvalue weighted by atomic mass is 10.1. The standard InChI is InChI=1S/C17H16N2O3S2/c1-11-9-24-17(19-11)13(8-18)14(20)10-23-12-3-4-15-16(7-12)22-6-2-5-21-15/h3-4,7,9,13H,2,5-6,10H2,1H3. The van der Waals surface area contributed by atoms with E-state index in [0.717, 1.165) is 22.8 Å². The second kappa shape index (κ2) is 7.69. The lowest BCUT2D eigenvalue weighted by Gasteiger charge is -2.09. The number of fused-ring (bicyclic) bond motifs is 1. The Morgan fingerprint density at radius 2 is 2.21 bits per heavy atom. The van der Waals surface area contributed by atoms with E-state index in [4.69, 9.17) is 9.47 Å². The summed E-state index contributed by atoms with van der Waals surface area (Å²) in [5.74, 6) is 0.727. The highest BCUT2D eigenvalue weighted by atomic mass is 32.2. The zero-order chi connectivity index (χ0) is 16.9. The zero-order valence-corrected chi connectivity index (χ0v) is 14.8. The van der Waals surface area contributed by atoms with Gasteiger partial charge in [-0.05, 0) is 25.1 Å². The van der Waals surface area contributed by atoms with Crippen LogP contribution < -0.4 is 9.47 Å². The van der Waals surface area contributed by atoms with Gasteiger partial charge in [0, 0.05) is 22.4 Å². The number of ether oxygens (including phenoxy) is 2. The third-order valence-electron chi connectivity index (χ3n) is 3.43. The third-order valence-corrected chi connectivity index (χ3v) is 5.48. The van der Waals surface area contributed by atoms with Crippen molar-refractivity contribution in [3.63, 3.8) is 0 Å². The number of hydrogen-bond acceptors (Lipinski definition) is 7. The summed E-state index contributed by atoms with van der Waals surface area (Å²) in [6.45, 7) is 3.13. The average Bonchev–Trinajstić information content (AvgIpc) is 2.87. The molecule has 2 aromatic rings. The maximum absolute atomic E-state index is 12.4. The van der Waals surface area contributed by atoms with Gasteiger partial charge in [0.25, 0.3) is 0 Å². The number of hydrogen-bond donors (Lipinski definition) is 0. The molecule has 1 aromatic heterocycles. The number of benzene rings is 1. The molecule has 1 atom stereocenters. The van der Waals surface area contributed by atoms with Gasteiger partial charge in [0.1, 0.15) is 5.01 Å². The molecule has 7 heteroatoms. The average molecular weight is 360 g/mol. The van der Waals surface area contributed by atoms with Crippen LogP contribution in [-0.2, 0) is 4.79 Å². The first-order valence-electron chi connectivity index (χ1n) is 7.54. The molecule has 3 rings (SSSR count). The van der Waals surface area contributed by atoms with E-state index in [1.165, 1.54) is 23.1 Å². The van der Waals surface area contributed by atoms with Gasteiger partial charge in [0.05, 0.1) is 25.0 Å². The van der Waals surface area contributed by atoms with Crippen molar-refractivity contribution in [2.24, 2.45) is 0 Å². The van der Waals surface area contributed by atoms with E-state index in [0.29, 0.717) is 24.0 Å². The van der Waals surface area contributed by atoms with Crippen LogP contribution in [0.2, 0.25) is 0 Å². The van der Waals surface area contributed by atoms with E-state index in [1.807, 2.05) is 30.5 Å². The number of nitriles is 1. The first-order chi connectivity index (χ1) is 11.7. The molecule has 1 aliphatic heterocycles. The van der Waals surface area contributed by atoms with Gasteiger partial charge >= 0.3 is 0 Å². The van der Waals surface area contributed by atoms with E-state index in [1.54, 1.807) is 0 Å². The summed E-state index contributed by atoms with van der Waals surface area (Å²) in [7, 11) is 0. The molecule has 1 aliphatic rings. The number of thioether (sulfide) groups is 1. The highest BCUT2D eigenvalue weighted by Crippen LogP contribution is 2.34. The molecule has 0 N–H and O–H groups in total. The van der Waals surface area contributed by atoms with E-state index in [-0.39, 0.29) is 11.5 Å². The number of aromatic nitrogens is 1. The summed E-state index contributed by atoms with van der Waals surface area (Å²) in [5, 5.41) is 11.7. The van der Waals surface area contributed by atoms with Crippen LogP contribution in [0.25, 0.3) is 0 Å². The Balaban J connectivity index is 1.65. The molecule has 24 heavy (non-hydrogen) atoms. The summed E-state index contributed by atoms with van der Waals surface area (Å²) in [6.07, 6.45) is 0.854. The van der Waals surface area contributed by atoms with Crippen LogP contribution >= 0.6 is 23.1 Å². The van der Waals surface area contributed by atoms with Crippen molar-refractivity contribution in [3.05, 3.63) is 34.3 Å². The molecule has 2 heterocycles. The molecule has 0 amide bonds. The van der Waals surface area contributed by atoms with Gasteiger partial charge in [-0.3, -0.25) is 4.79 Å². The fraction of sp³-hybridized carbons (Fsp3) is 0.353. The Hall–Kier alpha value is -2.04. The zero-order valence-electron chi connectivity index (χ0n) is 13.2. The molecular formula is C17H16N2O3S2. The number of thiazole rings is 1. The van der Waals surface area contributed by atoms with Crippen molar-refractivity contribution >= 4 is 28.9 Å². The van der Waals surface area contributed by atoms with Crippen molar-refractivity contribution in [2.75, 3.05) is 19.0 Å². The maximum atomic E-state index is 12.4. The number of ketones is 1. The quantitative estimate of drug-likeness (QED) is 0.759. The van der Waals surface area contributed by atoms with Crippen LogP contribution in [0, 0.1) is 18.3 Å². The Bertz CT molecular complexity index is 782. The number of aryl methyl sites for hydroxylation is 1. The monoisotopic (exact) mass is 360 g/mol. The van der Waals surface area contributed by atoms with Crippen molar-refractivity contribution in [2.45, 2.75) is 24.2 Å². The van der Waals surface area contributed by atoms with Crippen molar-refractivity contribution in [1.29, 1.82) is 5.26 Å². The summed E-state index contributed by atoms with van der Waals surface area (Å²) in [5.41, 5.74) is 0.832. The fourth-order valence-corrected chi connectivity index (χ4v) is 3.93. The first kappa shape index (κ1) is 16.8. The van der Waals surface area contributed by atoms with E-state index >= 15 is 0 Å². The molecule has 1 unspecified atom stereocenters. The molecule has 0 fully saturated rings. The number of rotatable bonds is 5. The summed E-state index contributed by atoms with van der Waals surface area (Å²) >= 11 is 2.75. The number of carbonyl (C=O) groups is 1. The minimum absolute atomic E-state index is 0.135. The van der Waals surface area contributed by atoms with Gasteiger partial charge in [0.2, 0.25) is 0 Å². The van der Waals surface area contributed by atoms with Crippen molar-refractivity contribution in [3.8, 4) is 17.6 Å². The van der Waals surface area contributed by atoms with Gasteiger partial charge < -0.3 is 9.47 Å². The first-order valence-corrected chi connectivity index (χ1v) is 9.40. The van der Waals surface area contributed by atoms with Gasteiger partial charge in [-0.2, -0.15) is 5.26 Å². The van der Waals surface area contributed by atoms with Gasteiger partial charge in [0.15, 0.2) is 23.2 Å². The second-order valence-corrected chi connectivity index (χ2v) is 7.24. The van der Waals surface area contributed by atoms with Crippen LogP contribution in [0.3, 0.4) is 0 Å². The van der Waals surface area contributed by atoms with E-state index in [9.17, 15) is 10.1 Å². The summed E-state index contributed by atoms with van der Waals surface area (Å²) in [6, 6.07) is 7.71. The van der Waals surface area contributed by atoms with Crippen LogP contribution in [0.5, 0.6) is 11.5 Å². The summed E-state index contributed by atoms with van der Waals surface area (Å²) < 4.78 is 11.2. The molecular weight excluding hydrogens is 344 g/mol. The lowest BCUT2D eigenvalue weighted by molar-refractivity contribution is -0.116. The van der Waals surface area contributed by atoms with Gasteiger partial charge in [-0.25, -0.2) is 4.98 Å². The predicted molar refractivity (Wildman–Crippen MR) is 93.0 cm³/mol. The van der Waals surface area contributed by atoms with Crippen molar-refractivity contribution < 1.29 is 14.3 Å². The lowest BCUT2D eigenvalue weighted by Crippen LogP contribution is -2.13. The predicted octanol–water partition coefficient (Wildman–Crippen LogP) is 3.58. The molecule has 0 aliphatic carbocycles. The maximum Gasteiger partial charge on any atom is 0.167 e. The molecule has 124 valence electrons. The SMILES string of the molecule is Cc1csc(C(C#N)C(=O)CSc2ccc3c(c2)OCCCO3)n1. The highest BCUT2D eigenvalue weighted by molar-refractivity contribution is 8.00. The van der Waals surface area contributed by atoms with Gasteiger partial charge in [-0.1, -0.05) is 0 Å². The van der Waals surface area contributed by atoms with Crippen LogP contribution in [-0.4, -0.2) is 29.7 Å². The minimum Gasteiger partial charge on any atom is -0.490 e. The van der Waals surface area contributed by atoms with Crippen LogP contribution in [0.4, 0.5) is 0 Å². The molecule has 0 spiro atoms. The molecule has 0 radical (unpaired) electrons. The highest BCUT2D eigenvalue weighted by Gasteiger charge is 2.23. The second-order valence-electron chi connectivity index (χ2n) is 5.30. The Labute approximate surface area is 148 Å². The molecule has 5 nitrogen and oxygen atoms in total. The number of nitrogens with zero attached hydrogens (tertiary/aromatic N) is 2. The number of carbonyl (C=O) groups excluding carboxylic acids is 1. The minimum atomic E-state index is -0.795. The Morgan fingerprint density at radius 3 is 2.92 bits per heavy atom. The molecule has 1 aromatic carbocycles. The van der Waals surface area contributed by atoms with Crippen molar-refractivity contribution in [1.82, 2.24) is 4.98 Å². The largest absolute Gasteiger partial charge is 0.490 e. The normalized spacial score (nSPS) is 14.5. The third kappa shape index (κ3) is 3.89. The van der Waals surface area contributed by atoms with E-state index in [2.05, 4.69) is 11.1 Å². The van der Waals surface area contributed by atoms with Crippen LogP contribution in [0.1, 0.15) is 23.0 Å². The smallest absolute Gasteiger partial charge is 0.167 e. The topological polar surface area (TPSA) is 72.2 Å². The molecule has 0 saturated heterocycles. The number of Topliss-reactive ketones (excluding diaryl/α,β-unsaturated/α-hetero) is 1. The van der Waals surface area contributed by atoms with E-state index < -0.39 is 5.92 Å². The molecule has 0 saturated carbocycles. The Kier molecular flexibility index (Phi) is 5.38.